The molecule has 2 amide bonds. The molecular weight excluding hydrogens is 440 g/mol. The first-order valence-corrected chi connectivity index (χ1v) is 12.8. The van der Waals surface area contributed by atoms with Crippen molar-refractivity contribution in [1.29, 1.82) is 0 Å². The molecule has 1 aromatic heterocycles. The van der Waals surface area contributed by atoms with Crippen molar-refractivity contribution in [3.05, 3.63) is 53.7 Å². The molecule has 3 rings (SSSR count). The number of amides is 2. The van der Waals surface area contributed by atoms with Crippen molar-refractivity contribution < 1.29 is 9.59 Å². The molecule has 2 N–H and O–H groups in total. The maximum atomic E-state index is 13.0. The van der Waals surface area contributed by atoms with E-state index in [1.165, 1.54) is 0 Å². The number of nitrogens with one attached hydrogen (secondary N) is 2. The number of benzene rings is 1. The van der Waals surface area contributed by atoms with Crippen molar-refractivity contribution in [1.82, 2.24) is 20.1 Å². The highest BCUT2D eigenvalue weighted by Crippen LogP contribution is 2.25. The Morgan fingerprint density at radius 3 is 2.29 bits per heavy atom. The second-order valence-electron chi connectivity index (χ2n) is 9.17. The van der Waals surface area contributed by atoms with Gasteiger partial charge in [0, 0.05) is 56.1 Å². The third-order valence-electron chi connectivity index (χ3n) is 6.32. The summed E-state index contributed by atoms with van der Waals surface area (Å²) in [5, 5.41) is 6.43. The van der Waals surface area contributed by atoms with Gasteiger partial charge in [0.1, 0.15) is 0 Å². The fourth-order valence-electron chi connectivity index (χ4n) is 4.29. The van der Waals surface area contributed by atoms with E-state index >= 15 is 0 Å². The van der Waals surface area contributed by atoms with Gasteiger partial charge in [0.2, 0.25) is 0 Å². The number of piperazine rings is 1. The van der Waals surface area contributed by atoms with Crippen LogP contribution in [0.25, 0.3) is 0 Å². The maximum absolute atomic E-state index is 13.0. The number of carbonyl (C=O) groups is 2. The predicted octanol–water partition coefficient (Wildman–Crippen LogP) is 3.33. The smallest absolute Gasteiger partial charge is 0.253 e. The molecule has 1 aromatic carbocycles. The van der Waals surface area contributed by atoms with E-state index in [1.807, 2.05) is 17.0 Å². The fourth-order valence-corrected chi connectivity index (χ4v) is 4.29. The Morgan fingerprint density at radius 1 is 1.00 bits per heavy atom. The number of hydrogen-bond donors (Lipinski definition) is 2. The Morgan fingerprint density at radius 2 is 1.66 bits per heavy atom. The summed E-state index contributed by atoms with van der Waals surface area (Å²) in [5.74, 6) is 0.830. The van der Waals surface area contributed by atoms with Gasteiger partial charge >= 0.3 is 0 Å². The molecule has 1 aliphatic heterocycles. The summed E-state index contributed by atoms with van der Waals surface area (Å²) in [4.78, 5) is 36.5. The lowest BCUT2D eigenvalue weighted by Gasteiger charge is -2.36. The van der Waals surface area contributed by atoms with Crippen molar-refractivity contribution in [2.24, 2.45) is 0 Å². The summed E-state index contributed by atoms with van der Waals surface area (Å²) in [5.41, 5.74) is 2.20. The molecule has 2 aromatic rings. The SMILES string of the molecule is CCN(CC)CCCNC(=O)c1ccc(C(=O)N2CCN(c3ncccc3NC(C)C)CC2)cc1. The van der Waals surface area contributed by atoms with E-state index in [-0.39, 0.29) is 11.8 Å². The third kappa shape index (κ3) is 7.42. The second kappa shape index (κ2) is 13.1. The van der Waals surface area contributed by atoms with E-state index in [0.717, 1.165) is 50.6 Å². The van der Waals surface area contributed by atoms with Gasteiger partial charge in [0.05, 0.1) is 5.69 Å². The molecule has 35 heavy (non-hydrogen) atoms. The zero-order valence-corrected chi connectivity index (χ0v) is 21.6. The van der Waals surface area contributed by atoms with Crippen LogP contribution in [0.4, 0.5) is 11.5 Å². The van der Waals surface area contributed by atoms with Crippen molar-refractivity contribution in [3.8, 4) is 0 Å². The van der Waals surface area contributed by atoms with Crippen LogP contribution in [0, 0.1) is 0 Å². The Labute approximate surface area is 209 Å². The van der Waals surface area contributed by atoms with Crippen LogP contribution < -0.4 is 15.5 Å². The highest BCUT2D eigenvalue weighted by molar-refractivity contribution is 5.98. The number of carbonyl (C=O) groups excluding carboxylic acids is 2. The van der Waals surface area contributed by atoms with Crippen molar-refractivity contribution in [3.63, 3.8) is 0 Å². The van der Waals surface area contributed by atoms with Crippen LogP contribution in [0.5, 0.6) is 0 Å². The molecule has 0 saturated carbocycles. The van der Waals surface area contributed by atoms with Gasteiger partial charge in [-0.25, -0.2) is 4.98 Å². The monoisotopic (exact) mass is 480 g/mol. The Kier molecular flexibility index (Phi) is 9.90. The molecule has 1 aliphatic rings. The highest BCUT2D eigenvalue weighted by atomic mass is 16.2. The van der Waals surface area contributed by atoms with Crippen LogP contribution in [-0.4, -0.2) is 85.0 Å². The standard InChI is InChI=1S/C27H40N6O2/c1-5-31(6-2)16-8-15-29-26(34)22-10-12-23(13-11-22)27(35)33-19-17-32(18-20-33)25-24(30-21(3)4)9-7-14-28-25/h7,9-14,21,30H,5-6,8,15-20H2,1-4H3,(H,29,34). The number of nitrogens with zero attached hydrogens (tertiary/aromatic N) is 4. The summed E-state index contributed by atoms with van der Waals surface area (Å²) < 4.78 is 0. The lowest BCUT2D eigenvalue weighted by molar-refractivity contribution is 0.0746. The second-order valence-corrected chi connectivity index (χ2v) is 9.17. The molecule has 190 valence electrons. The molecule has 2 heterocycles. The van der Waals surface area contributed by atoms with E-state index in [9.17, 15) is 9.59 Å². The molecule has 1 fully saturated rings. The minimum Gasteiger partial charge on any atom is -0.380 e. The van der Waals surface area contributed by atoms with Crippen LogP contribution in [0.2, 0.25) is 0 Å². The zero-order chi connectivity index (χ0) is 25.2. The molecule has 0 aliphatic carbocycles. The number of hydrogen-bond acceptors (Lipinski definition) is 6. The summed E-state index contributed by atoms with van der Waals surface area (Å²) in [6.45, 7) is 14.9. The lowest BCUT2D eigenvalue weighted by Crippen LogP contribution is -2.49. The highest BCUT2D eigenvalue weighted by Gasteiger charge is 2.24. The van der Waals surface area contributed by atoms with Gasteiger partial charge in [-0.3, -0.25) is 9.59 Å². The Hall–Kier alpha value is -3.13. The maximum Gasteiger partial charge on any atom is 0.253 e. The Bertz CT molecular complexity index is 950. The summed E-state index contributed by atoms with van der Waals surface area (Å²) in [6, 6.07) is 11.3. The van der Waals surface area contributed by atoms with Gasteiger partial charge in [0.25, 0.3) is 11.8 Å². The van der Waals surface area contributed by atoms with Gasteiger partial charge in [-0.05, 0) is 76.3 Å². The molecule has 1 saturated heterocycles. The average molecular weight is 481 g/mol. The molecule has 0 atom stereocenters. The Balaban J connectivity index is 1.50. The van der Waals surface area contributed by atoms with E-state index in [1.54, 1.807) is 30.5 Å². The molecule has 0 bridgehead atoms. The normalized spacial score (nSPS) is 13.9. The topological polar surface area (TPSA) is 80.8 Å². The van der Waals surface area contributed by atoms with E-state index in [0.29, 0.717) is 36.8 Å². The average Bonchev–Trinajstić information content (AvgIpc) is 2.88. The first-order valence-electron chi connectivity index (χ1n) is 12.8. The molecule has 0 spiro atoms. The van der Waals surface area contributed by atoms with E-state index in [4.69, 9.17) is 0 Å². The van der Waals surface area contributed by atoms with Crippen LogP contribution in [-0.2, 0) is 0 Å². The minimum absolute atomic E-state index is 0.00243. The first-order chi connectivity index (χ1) is 16.9. The summed E-state index contributed by atoms with van der Waals surface area (Å²) in [7, 11) is 0. The van der Waals surface area contributed by atoms with Crippen LogP contribution >= 0.6 is 0 Å². The predicted molar refractivity (Wildman–Crippen MR) is 142 cm³/mol. The van der Waals surface area contributed by atoms with Gasteiger partial charge in [-0.15, -0.1) is 0 Å². The van der Waals surface area contributed by atoms with Gasteiger partial charge < -0.3 is 25.3 Å². The minimum atomic E-state index is -0.0988. The summed E-state index contributed by atoms with van der Waals surface area (Å²) >= 11 is 0. The van der Waals surface area contributed by atoms with E-state index < -0.39 is 0 Å². The molecule has 0 unspecified atom stereocenters. The largest absolute Gasteiger partial charge is 0.380 e. The van der Waals surface area contributed by atoms with Crippen molar-refractivity contribution in [2.45, 2.75) is 40.2 Å². The first kappa shape index (κ1) is 26.5. The van der Waals surface area contributed by atoms with Crippen molar-refractivity contribution in [2.75, 3.05) is 62.6 Å². The van der Waals surface area contributed by atoms with Crippen LogP contribution in [0.15, 0.2) is 42.6 Å². The van der Waals surface area contributed by atoms with Crippen molar-refractivity contribution >= 4 is 23.3 Å². The lowest BCUT2D eigenvalue weighted by atomic mass is 10.1. The number of aromatic nitrogens is 1. The quantitative estimate of drug-likeness (QED) is 0.480. The fraction of sp³-hybridized carbons (Fsp3) is 0.519. The van der Waals surface area contributed by atoms with Gasteiger partial charge in [-0.2, -0.15) is 0 Å². The molecule has 8 nitrogen and oxygen atoms in total. The molecule has 0 radical (unpaired) electrons. The number of anilines is 2. The number of pyridine rings is 1. The van der Waals surface area contributed by atoms with Crippen LogP contribution in [0.1, 0.15) is 54.8 Å². The van der Waals surface area contributed by atoms with Gasteiger partial charge in [-0.1, -0.05) is 13.8 Å². The molecular formula is C27H40N6O2. The molecule has 8 heteroatoms. The zero-order valence-electron chi connectivity index (χ0n) is 21.6. The van der Waals surface area contributed by atoms with E-state index in [2.05, 4.69) is 53.1 Å². The third-order valence-corrected chi connectivity index (χ3v) is 6.32. The van der Waals surface area contributed by atoms with Gasteiger partial charge in [0.15, 0.2) is 5.82 Å². The summed E-state index contributed by atoms with van der Waals surface area (Å²) in [6.07, 6.45) is 2.73. The van der Waals surface area contributed by atoms with Crippen LogP contribution in [0.3, 0.4) is 0 Å². The number of rotatable bonds is 11.